The SMILES string of the molecule is CN(CCc1ccncc1)C(=O)c1ccc(C(=O)NCCc2ccccc2)cc1. The molecule has 0 unspecified atom stereocenters. The summed E-state index contributed by atoms with van der Waals surface area (Å²) in [4.78, 5) is 30.6. The van der Waals surface area contributed by atoms with Gasteiger partial charge in [-0.3, -0.25) is 14.6 Å². The summed E-state index contributed by atoms with van der Waals surface area (Å²) in [5, 5.41) is 2.92. The van der Waals surface area contributed by atoms with Gasteiger partial charge in [-0.15, -0.1) is 0 Å². The number of amides is 2. The third-order valence-corrected chi connectivity index (χ3v) is 4.77. The van der Waals surface area contributed by atoms with Crippen molar-refractivity contribution in [3.63, 3.8) is 0 Å². The Morgan fingerprint density at radius 3 is 2.14 bits per heavy atom. The van der Waals surface area contributed by atoms with Crippen LogP contribution in [0.5, 0.6) is 0 Å². The molecule has 29 heavy (non-hydrogen) atoms. The Morgan fingerprint density at radius 2 is 1.45 bits per heavy atom. The minimum atomic E-state index is -0.133. The van der Waals surface area contributed by atoms with E-state index < -0.39 is 0 Å². The second-order valence-corrected chi connectivity index (χ2v) is 6.90. The number of hydrogen-bond donors (Lipinski definition) is 1. The molecule has 0 atom stereocenters. The van der Waals surface area contributed by atoms with Gasteiger partial charge in [-0.2, -0.15) is 0 Å². The summed E-state index contributed by atoms with van der Waals surface area (Å²) in [7, 11) is 1.79. The Labute approximate surface area is 171 Å². The van der Waals surface area contributed by atoms with Crippen molar-refractivity contribution in [1.82, 2.24) is 15.2 Å². The van der Waals surface area contributed by atoms with Crippen molar-refractivity contribution < 1.29 is 9.59 Å². The van der Waals surface area contributed by atoms with E-state index in [9.17, 15) is 9.59 Å². The minimum Gasteiger partial charge on any atom is -0.352 e. The summed E-state index contributed by atoms with van der Waals surface area (Å²) in [6.45, 7) is 1.19. The predicted molar refractivity (Wildman–Crippen MR) is 114 cm³/mol. The van der Waals surface area contributed by atoms with Crippen LogP contribution in [0.2, 0.25) is 0 Å². The third kappa shape index (κ3) is 6.01. The van der Waals surface area contributed by atoms with Crippen LogP contribution in [0.1, 0.15) is 31.8 Å². The number of nitrogens with one attached hydrogen (secondary N) is 1. The summed E-state index contributed by atoms with van der Waals surface area (Å²) >= 11 is 0. The summed E-state index contributed by atoms with van der Waals surface area (Å²) in [6, 6.07) is 20.7. The number of carbonyl (C=O) groups excluding carboxylic acids is 2. The molecule has 5 heteroatoms. The lowest BCUT2D eigenvalue weighted by molar-refractivity contribution is 0.0795. The van der Waals surface area contributed by atoms with Crippen molar-refractivity contribution in [2.24, 2.45) is 0 Å². The number of hydrogen-bond acceptors (Lipinski definition) is 3. The molecule has 0 saturated heterocycles. The number of benzene rings is 2. The lowest BCUT2D eigenvalue weighted by atomic mass is 10.1. The van der Waals surface area contributed by atoms with E-state index in [1.807, 2.05) is 42.5 Å². The van der Waals surface area contributed by atoms with Gasteiger partial charge in [-0.1, -0.05) is 30.3 Å². The van der Waals surface area contributed by atoms with Crippen LogP contribution < -0.4 is 5.32 Å². The average Bonchev–Trinajstić information content (AvgIpc) is 2.78. The highest BCUT2D eigenvalue weighted by atomic mass is 16.2. The first-order valence-corrected chi connectivity index (χ1v) is 9.70. The van der Waals surface area contributed by atoms with Crippen LogP contribution in [0.15, 0.2) is 79.1 Å². The molecular formula is C24H25N3O2. The first kappa shape index (κ1) is 20.3. The highest BCUT2D eigenvalue weighted by Crippen LogP contribution is 2.09. The second-order valence-electron chi connectivity index (χ2n) is 6.90. The maximum atomic E-state index is 12.6. The molecular weight excluding hydrogens is 362 g/mol. The summed E-state index contributed by atoms with van der Waals surface area (Å²) < 4.78 is 0. The van der Waals surface area contributed by atoms with Crippen LogP contribution in [0.3, 0.4) is 0 Å². The predicted octanol–water partition coefficient (Wildman–Crippen LogP) is 3.37. The molecule has 1 aromatic heterocycles. The van der Waals surface area contributed by atoms with Crippen LogP contribution in [-0.4, -0.2) is 41.8 Å². The van der Waals surface area contributed by atoms with Crippen molar-refractivity contribution in [3.05, 3.63) is 101 Å². The molecule has 0 radical (unpaired) electrons. The van der Waals surface area contributed by atoms with E-state index in [1.54, 1.807) is 48.6 Å². The Bertz CT molecular complexity index is 925. The summed E-state index contributed by atoms with van der Waals surface area (Å²) in [6.07, 6.45) is 5.06. The average molecular weight is 387 g/mol. The van der Waals surface area contributed by atoms with Crippen LogP contribution >= 0.6 is 0 Å². The molecule has 0 aliphatic carbocycles. The Balaban J connectivity index is 1.49. The molecule has 2 aromatic carbocycles. The van der Waals surface area contributed by atoms with Gasteiger partial charge in [0.25, 0.3) is 11.8 Å². The van der Waals surface area contributed by atoms with Crippen molar-refractivity contribution in [2.75, 3.05) is 20.1 Å². The van der Waals surface area contributed by atoms with Crippen molar-refractivity contribution in [2.45, 2.75) is 12.8 Å². The van der Waals surface area contributed by atoms with Crippen LogP contribution in [0, 0.1) is 0 Å². The van der Waals surface area contributed by atoms with Crippen molar-refractivity contribution >= 4 is 11.8 Å². The number of nitrogens with zero attached hydrogens (tertiary/aromatic N) is 2. The maximum Gasteiger partial charge on any atom is 0.253 e. The summed E-state index contributed by atoms with van der Waals surface area (Å²) in [5.74, 6) is -0.193. The number of aromatic nitrogens is 1. The van der Waals surface area contributed by atoms with Crippen molar-refractivity contribution in [3.8, 4) is 0 Å². The van der Waals surface area contributed by atoms with E-state index in [1.165, 1.54) is 5.56 Å². The first-order chi connectivity index (χ1) is 14.1. The largest absolute Gasteiger partial charge is 0.352 e. The van der Waals surface area contributed by atoms with Gasteiger partial charge in [-0.25, -0.2) is 0 Å². The quantitative estimate of drug-likeness (QED) is 0.645. The number of pyridine rings is 1. The highest BCUT2D eigenvalue weighted by Gasteiger charge is 2.13. The molecule has 0 aliphatic heterocycles. The van der Waals surface area contributed by atoms with Gasteiger partial charge in [0.2, 0.25) is 0 Å². The molecule has 1 N–H and O–H groups in total. The minimum absolute atomic E-state index is 0.0601. The molecule has 0 fully saturated rings. The lowest BCUT2D eigenvalue weighted by Crippen LogP contribution is -2.29. The van der Waals surface area contributed by atoms with Gasteiger partial charge in [0.15, 0.2) is 0 Å². The topological polar surface area (TPSA) is 62.3 Å². The van der Waals surface area contributed by atoms with Crippen LogP contribution in [-0.2, 0) is 12.8 Å². The van der Waals surface area contributed by atoms with E-state index in [-0.39, 0.29) is 11.8 Å². The van der Waals surface area contributed by atoms with E-state index in [4.69, 9.17) is 0 Å². The fourth-order valence-electron chi connectivity index (χ4n) is 3.00. The van der Waals surface area contributed by atoms with E-state index in [2.05, 4.69) is 10.3 Å². The molecule has 2 amide bonds. The fourth-order valence-corrected chi connectivity index (χ4v) is 3.00. The van der Waals surface area contributed by atoms with Crippen LogP contribution in [0.25, 0.3) is 0 Å². The molecule has 0 aliphatic rings. The fraction of sp³-hybridized carbons (Fsp3) is 0.208. The molecule has 3 aromatic rings. The van der Waals surface area contributed by atoms with Gasteiger partial charge in [0.05, 0.1) is 0 Å². The number of rotatable bonds is 8. The molecule has 0 spiro atoms. The van der Waals surface area contributed by atoms with Gasteiger partial charge in [0, 0.05) is 43.7 Å². The van der Waals surface area contributed by atoms with Crippen molar-refractivity contribution in [1.29, 1.82) is 0 Å². The van der Waals surface area contributed by atoms with Gasteiger partial charge < -0.3 is 10.2 Å². The normalized spacial score (nSPS) is 10.4. The molecule has 1 heterocycles. The third-order valence-electron chi connectivity index (χ3n) is 4.77. The zero-order chi connectivity index (χ0) is 20.5. The maximum absolute atomic E-state index is 12.6. The lowest BCUT2D eigenvalue weighted by Gasteiger charge is -2.17. The summed E-state index contributed by atoms with van der Waals surface area (Å²) in [5.41, 5.74) is 3.45. The smallest absolute Gasteiger partial charge is 0.253 e. The first-order valence-electron chi connectivity index (χ1n) is 9.70. The van der Waals surface area contributed by atoms with E-state index in [0.29, 0.717) is 24.2 Å². The molecule has 148 valence electrons. The number of carbonyl (C=O) groups is 2. The highest BCUT2D eigenvalue weighted by molar-refractivity contribution is 5.97. The van der Waals surface area contributed by atoms with Gasteiger partial charge >= 0.3 is 0 Å². The van der Waals surface area contributed by atoms with Crippen LogP contribution in [0.4, 0.5) is 0 Å². The zero-order valence-electron chi connectivity index (χ0n) is 16.5. The Hall–Kier alpha value is -3.47. The molecule has 0 saturated carbocycles. The monoisotopic (exact) mass is 387 g/mol. The van der Waals surface area contributed by atoms with Gasteiger partial charge in [-0.05, 0) is 60.4 Å². The second kappa shape index (κ2) is 10.2. The Kier molecular flexibility index (Phi) is 7.11. The molecule has 0 bridgehead atoms. The number of likely N-dealkylation sites (N-methyl/N-ethyl adjacent to an activating group) is 1. The standard InChI is InChI=1S/C24H25N3O2/c1-27(18-14-20-11-15-25-16-12-20)24(29)22-9-7-21(8-10-22)23(28)26-17-13-19-5-3-2-4-6-19/h2-12,15-16H,13-14,17-18H2,1H3,(H,26,28). The van der Waals surface area contributed by atoms with E-state index >= 15 is 0 Å². The molecule has 3 rings (SSSR count). The molecule has 5 nitrogen and oxygen atoms in total. The van der Waals surface area contributed by atoms with Gasteiger partial charge in [0.1, 0.15) is 0 Å². The Morgan fingerprint density at radius 1 is 0.828 bits per heavy atom. The van der Waals surface area contributed by atoms with E-state index in [0.717, 1.165) is 18.4 Å². The zero-order valence-corrected chi connectivity index (χ0v) is 16.5.